The third-order valence-electron chi connectivity index (χ3n) is 4.86. The minimum atomic E-state index is -0.189. The van der Waals surface area contributed by atoms with Crippen molar-refractivity contribution in [2.24, 2.45) is 0 Å². The topological polar surface area (TPSA) is 98.2 Å². The highest BCUT2D eigenvalue weighted by Gasteiger charge is 2.34. The summed E-state index contributed by atoms with van der Waals surface area (Å²) in [5.74, 6) is 1.95. The van der Waals surface area contributed by atoms with E-state index in [0.717, 1.165) is 18.4 Å². The van der Waals surface area contributed by atoms with Gasteiger partial charge in [0.2, 0.25) is 23.6 Å². The molecular weight excluding hydrogens is 406 g/mol. The van der Waals surface area contributed by atoms with Crippen LogP contribution in [0, 0.1) is 0 Å². The van der Waals surface area contributed by atoms with Gasteiger partial charge in [-0.2, -0.15) is 4.98 Å². The molecule has 0 N–H and O–H groups in total. The summed E-state index contributed by atoms with van der Waals surface area (Å²) in [6, 6.07) is 7.39. The number of halogens is 1. The summed E-state index contributed by atoms with van der Waals surface area (Å²) in [5, 5.41) is 12.9. The molecule has 1 aromatic carbocycles. The Kier molecular flexibility index (Phi) is 5.60. The molecule has 3 aromatic rings. The molecule has 1 amide bonds. The lowest BCUT2D eigenvalue weighted by Gasteiger charge is -2.20. The highest BCUT2D eigenvalue weighted by molar-refractivity contribution is 6.30. The van der Waals surface area contributed by atoms with Crippen LogP contribution in [0.2, 0.25) is 5.02 Å². The Morgan fingerprint density at radius 3 is 2.53 bits per heavy atom. The van der Waals surface area contributed by atoms with Crippen molar-refractivity contribution >= 4 is 17.5 Å². The highest BCUT2D eigenvalue weighted by atomic mass is 35.5. The second kappa shape index (κ2) is 8.18. The Balaban J connectivity index is 1.39. The Labute approximate surface area is 179 Å². The van der Waals surface area contributed by atoms with Gasteiger partial charge in [-0.05, 0) is 37.1 Å². The van der Waals surface area contributed by atoms with Crippen molar-refractivity contribution in [3.05, 3.63) is 46.9 Å². The third kappa shape index (κ3) is 4.87. The first-order chi connectivity index (χ1) is 14.3. The zero-order chi connectivity index (χ0) is 21.3. The molecule has 0 bridgehead atoms. The number of rotatable bonds is 7. The largest absolute Gasteiger partial charge is 0.419 e. The fraction of sp³-hybridized carbons (Fsp3) is 0.476. The van der Waals surface area contributed by atoms with Crippen molar-refractivity contribution in [1.82, 2.24) is 25.2 Å². The average Bonchev–Trinajstić information content (AvgIpc) is 3.23. The number of amides is 1. The van der Waals surface area contributed by atoms with Crippen LogP contribution in [0.5, 0.6) is 0 Å². The minimum absolute atomic E-state index is 0.0132. The average molecular weight is 430 g/mol. The Bertz CT molecular complexity index is 1020. The molecule has 30 heavy (non-hydrogen) atoms. The first kappa shape index (κ1) is 20.5. The van der Waals surface area contributed by atoms with Gasteiger partial charge in [-0.1, -0.05) is 37.5 Å². The molecular formula is C21H24ClN5O3. The highest BCUT2D eigenvalue weighted by Crippen LogP contribution is 2.30. The van der Waals surface area contributed by atoms with Crippen LogP contribution in [0.1, 0.15) is 57.6 Å². The smallest absolute Gasteiger partial charge is 0.247 e. The summed E-state index contributed by atoms with van der Waals surface area (Å²) in [4.78, 5) is 19.1. The molecule has 1 aliphatic rings. The summed E-state index contributed by atoms with van der Waals surface area (Å²) in [5.41, 5.74) is 0.597. The van der Waals surface area contributed by atoms with Gasteiger partial charge < -0.3 is 13.8 Å². The van der Waals surface area contributed by atoms with Crippen LogP contribution < -0.4 is 0 Å². The van der Waals surface area contributed by atoms with Crippen LogP contribution in [-0.2, 0) is 23.2 Å². The van der Waals surface area contributed by atoms with Gasteiger partial charge >= 0.3 is 0 Å². The summed E-state index contributed by atoms with van der Waals surface area (Å²) in [6.45, 7) is 6.35. The Morgan fingerprint density at radius 2 is 1.90 bits per heavy atom. The quantitative estimate of drug-likeness (QED) is 0.555. The van der Waals surface area contributed by atoms with Gasteiger partial charge in [-0.3, -0.25) is 4.79 Å². The lowest BCUT2D eigenvalue weighted by molar-refractivity contribution is -0.132. The number of carbonyl (C=O) groups is 1. The maximum absolute atomic E-state index is 12.9. The number of aromatic nitrogens is 4. The predicted molar refractivity (Wildman–Crippen MR) is 110 cm³/mol. The van der Waals surface area contributed by atoms with Crippen molar-refractivity contribution in [2.45, 2.75) is 64.5 Å². The summed E-state index contributed by atoms with van der Waals surface area (Å²) >= 11 is 5.92. The number of carbonyl (C=O) groups excluding carboxylic acids is 1. The van der Waals surface area contributed by atoms with Gasteiger partial charge in [-0.15, -0.1) is 10.2 Å². The Morgan fingerprint density at radius 1 is 1.17 bits per heavy atom. The number of benzene rings is 1. The molecule has 0 aliphatic heterocycles. The molecule has 158 valence electrons. The van der Waals surface area contributed by atoms with E-state index < -0.39 is 0 Å². The van der Waals surface area contributed by atoms with E-state index in [1.165, 1.54) is 0 Å². The molecule has 9 heteroatoms. The molecule has 2 heterocycles. The number of hydrogen-bond acceptors (Lipinski definition) is 7. The van der Waals surface area contributed by atoms with E-state index in [-0.39, 0.29) is 17.4 Å². The van der Waals surface area contributed by atoms with Gasteiger partial charge in [0.25, 0.3) is 0 Å². The van der Waals surface area contributed by atoms with Crippen molar-refractivity contribution in [3.63, 3.8) is 0 Å². The minimum Gasteiger partial charge on any atom is -0.419 e. The summed E-state index contributed by atoms with van der Waals surface area (Å²) in [7, 11) is 0. The first-order valence-corrected chi connectivity index (χ1v) is 10.4. The molecule has 0 unspecified atom stereocenters. The van der Waals surface area contributed by atoms with Crippen molar-refractivity contribution in [1.29, 1.82) is 0 Å². The standard InChI is InChI=1S/C21H24ClN5O3/c1-21(2,3)20-23-16(30-26-20)10-11-18(28)27(15-8-9-15)12-17-24-25-19(29-17)13-4-6-14(22)7-5-13/h4-7,15H,8-12H2,1-3H3. The lowest BCUT2D eigenvalue weighted by atomic mass is 9.96. The summed E-state index contributed by atoms with van der Waals surface area (Å²) in [6.07, 6.45) is 2.67. The van der Waals surface area contributed by atoms with Gasteiger partial charge in [0.1, 0.15) is 0 Å². The second-order valence-corrected chi connectivity index (χ2v) is 8.96. The fourth-order valence-electron chi connectivity index (χ4n) is 3.00. The van der Waals surface area contributed by atoms with Crippen molar-refractivity contribution in [3.8, 4) is 11.5 Å². The molecule has 0 radical (unpaired) electrons. The predicted octanol–water partition coefficient (Wildman–Crippen LogP) is 4.19. The third-order valence-corrected chi connectivity index (χ3v) is 5.12. The first-order valence-electron chi connectivity index (χ1n) is 10.0. The zero-order valence-corrected chi connectivity index (χ0v) is 18.0. The summed E-state index contributed by atoms with van der Waals surface area (Å²) < 4.78 is 11.1. The van der Waals surface area contributed by atoms with Gasteiger partial charge in [0.05, 0.1) is 6.54 Å². The second-order valence-electron chi connectivity index (χ2n) is 8.52. The SMILES string of the molecule is CC(C)(C)c1noc(CCC(=O)N(Cc2nnc(-c3ccc(Cl)cc3)o2)C2CC2)n1. The zero-order valence-electron chi connectivity index (χ0n) is 17.3. The molecule has 8 nitrogen and oxygen atoms in total. The van der Waals surface area contributed by atoms with E-state index in [4.69, 9.17) is 20.5 Å². The van der Waals surface area contributed by atoms with E-state index in [1.807, 2.05) is 32.9 Å². The lowest BCUT2D eigenvalue weighted by Crippen LogP contribution is -2.32. The van der Waals surface area contributed by atoms with Crippen LogP contribution in [0.15, 0.2) is 33.2 Å². The van der Waals surface area contributed by atoms with E-state index >= 15 is 0 Å². The molecule has 1 aliphatic carbocycles. The molecule has 0 atom stereocenters. The fourth-order valence-corrected chi connectivity index (χ4v) is 3.12. The molecule has 0 spiro atoms. The van der Waals surface area contributed by atoms with Crippen LogP contribution in [0.4, 0.5) is 0 Å². The maximum Gasteiger partial charge on any atom is 0.247 e. The molecule has 4 rings (SSSR count). The van der Waals surface area contributed by atoms with Crippen LogP contribution in [0.25, 0.3) is 11.5 Å². The van der Waals surface area contributed by atoms with Gasteiger partial charge in [0.15, 0.2) is 5.82 Å². The maximum atomic E-state index is 12.9. The van der Waals surface area contributed by atoms with Crippen LogP contribution in [-0.4, -0.2) is 37.2 Å². The molecule has 0 saturated heterocycles. The number of aryl methyl sites for hydroxylation is 1. The normalized spacial score (nSPS) is 14.1. The van der Waals surface area contributed by atoms with Gasteiger partial charge in [0, 0.05) is 34.9 Å². The van der Waals surface area contributed by atoms with Crippen LogP contribution >= 0.6 is 11.6 Å². The number of nitrogens with zero attached hydrogens (tertiary/aromatic N) is 5. The van der Waals surface area contributed by atoms with Gasteiger partial charge in [-0.25, -0.2) is 0 Å². The van der Waals surface area contributed by atoms with E-state index in [2.05, 4.69) is 20.3 Å². The van der Waals surface area contributed by atoms with E-state index in [0.29, 0.717) is 47.9 Å². The number of hydrogen-bond donors (Lipinski definition) is 0. The van der Waals surface area contributed by atoms with Crippen molar-refractivity contribution < 1.29 is 13.7 Å². The molecule has 1 fully saturated rings. The van der Waals surface area contributed by atoms with E-state index in [9.17, 15) is 4.79 Å². The van der Waals surface area contributed by atoms with Crippen LogP contribution in [0.3, 0.4) is 0 Å². The molecule has 1 saturated carbocycles. The van der Waals surface area contributed by atoms with Crippen molar-refractivity contribution in [2.75, 3.05) is 0 Å². The Hall–Kier alpha value is -2.74. The van der Waals surface area contributed by atoms with E-state index in [1.54, 1.807) is 17.0 Å². The molecule has 2 aromatic heterocycles. The monoisotopic (exact) mass is 429 g/mol.